The second kappa shape index (κ2) is 5.89. The lowest BCUT2D eigenvalue weighted by Gasteiger charge is -2.24. The summed E-state index contributed by atoms with van der Waals surface area (Å²) in [6.45, 7) is 0. The lowest BCUT2D eigenvalue weighted by Crippen LogP contribution is -2.23. The van der Waals surface area contributed by atoms with Crippen LogP contribution in [-0.2, 0) is 7.05 Å². The maximum Gasteiger partial charge on any atom is 0.0760 e. The molecule has 2 aromatic carbocycles. The first-order chi connectivity index (χ1) is 10.3. The van der Waals surface area contributed by atoms with Gasteiger partial charge in [-0.2, -0.15) is 0 Å². The average Bonchev–Trinajstić information content (AvgIpc) is 2.96. The molecule has 0 amide bonds. The Labute approximate surface area is 124 Å². The zero-order valence-corrected chi connectivity index (χ0v) is 11.9. The summed E-state index contributed by atoms with van der Waals surface area (Å²) in [6.07, 6.45) is 1.74. The van der Waals surface area contributed by atoms with Gasteiger partial charge in [-0.15, -0.1) is 5.10 Å². The van der Waals surface area contributed by atoms with E-state index >= 15 is 0 Å². The third-order valence-electron chi connectivity index (χ3n) is 3.77. The van der Waals surface area contributed by atoms with Crippen molar-refractivity contribution in [2.45, 2.75) is 12.0 Å². The highest BCUT2D eigenvalue weighted by atomic mass is 15.4. The van der Waals surface area contributed by atoms with Gasteiger partial charge < -0.3 is 5.73 Å². The minimum Gasteiger partial charge on any atom is -0.322 e. The monoisotopic (exact) mass is 278 g/mol. The Balaban J connectivity index is 2.07. The summed E-state index contributed by atoms with van der Waals surface area (Å²) in [7, 11) is 1.87. The van der Waals surface area contributed by atoms with E-state index in [1.54, 1.807) is 10.9 Å². The lowest BCUT2D eigenvalue weighted by atomic mass is 9.84. The van der Waals surface area contributed by atoms with E-state index in [0.717, 1.165) is 5.69 Å². The fourth-order valence-electron chi connectivity index (χ4n) is 2.70. The van der Waals surface area contributed by atoms with Crippen LogP contribution in [0.15, 0.2) is 66.9 Å². The molecule has 1 aromatic heterocycles. The quantitative estimate of drug-likeness (QED) is 0.798. The van der Waals surface area contributed by atoms with Crippen molar-refractivity contribution in [3.05, 3.63) is 83.7 Å². The Bertz CT molecular complexity index is 652. The van der Waals surface area contributed by atoms with Crippen LogP contribution in [0, 0.1) is 0 Å². The second-order valence-corrected chi connectivity index (χ2v) is 5.11. The van der Waals surface area contributed by atoms with Crippen molar-refractivity contribution in [3.63, 3.8) is 0 Å². The van der Waals surface area contributed by atoms with Crippen LogP contribution in [0.4, 0.5) is 0 Å². The summed E-state index contributed by atoms with van der Waals surface area (Å²) in [6, 6.07) is 20.4. The number of benzene rings is 2. The van der Waals surface area contributed by atoms with Gasteiger partial charge in [0.25, 0.3) is 0 Å². The van der Waals surface area contributed by atoms with Crippen molar-refractivity contribution >= 4 is 0 Å². The molecule has 0 radical (unpaired) electrons. The third kappa shape index (κ3) is 2.71. The van der Waals surface area contributed by atoms with Gasteiger partial charge in [-0.3, -0.25) is 4.68 Å². The first kappa shape index (κ1) is 13.5. The number of aromatic nitrogens is 3. The van der Waals surface area contributed by atoms with Crippen LogP contribution in [-0.4, -0.2) is 15.0 Å². The SMILES string of the molecule is Cn1nncc1C(N)C(c1ccccc1)c1ccccc1. The van der Waals surface area contributed by atoms with E-state index in [1.165, 1.54) is 11.1 Å². The molecule has 1 atom stereocenters. The van der Waals surface area contributed by atoms with Crippen molar-refractivity contribution in [1.29, 1.82) is 0 Å². The highest BCUT2D eigenvalue weighted by Crippen LogP contribution is 2.34. The molecular formula is C17H18N4. The normalized spacial score (nSPS) is 12.5. The van der Waals surface area contributed by atoms with Gasteiger partial charge in [-0.1, -0.05) is 65.9 Å². The second-order valence-electron chi connectivity index (χ2n) is 5.11. The number of hydrogen-bond acceptors (Lipinski definition) is 3. The minimum atomic E-state index is -0.199. The summed E-state index contributed by atoms with van der Waals surface area (Å²) in [5.41, 5.74) is 9.86. The largest absolute Gasteiger partial charge is 0.322 e. The van der Waals surface area contributed by atoms with Gasteiger partial charge in [0.15, 0.2) is 0 Å². The van der Waals surface area contributed by atoms with Gasteiger partial charge in [0.2, 0.25) is 0 Å². The molecule has 0 aliphatic rings. The van der Waals surface area contributed by atoms with E-state index in [4.69, 9.17) is 5.73 Å². The van der Waals surface area contributed by atoms with Gasteiger partial charge in [0.1, 0.15) is 0 Å². The Morgan fingerprint density at radius 3 is 1.86 bits per heavy atom. The average molecular weight is 278 g/mol. The van der Waals surface area contributed by atoms with Crippen LogP contribution in [0.3, 0.4) is 0 Å². The van der Waals surface area contributed by atoms with Crippen LogP contribution >= 0.6 is 0 Å². The number of nitrogens with two attached hydrogens (primary N) is 1. The van der Waals surface area contributed by atoms with Crippen molar-refractivity contribution < 1.29 is 0 Å². The van der Waals surface area contributed by atoms with E-state index in [0.29, 0.717) is 0 Å². The standard InChI is InChI=1S/C17H18N4/c1-21-15(12-19-20-21)17(18)16(13-8-4-2-5-9-13)14-10-6-3-7-11-14/h2-12,16-17H,18H2,1H3. The summed E-state index contributed by atoms with van der Waals surface area (Å²) in [5, 5.41) is 7.94. The molecule has 4 heteroatoms. The summed E-state index contributed by atoms with van der Waals surface area (Å²) in [5.74, 6) is 0.0737. The van der Waals surface area contributed by atoms with E-state index in [9.17, 15) is 0 Å². The van der Waals surface area contributed by atoms with Crippen molar-refractivity contribution in [1.82, 2.24) is 15.0 Å². The van der Waals surface area contributed by atoms with Crippen LogP contribution in [0.5, 0.6) is 0 Å². The molecule has 0 saturated heterocycles. The molecule has 0 fully saturated rings. The third-order valence-corrected chi connectivity index (χ3v) is 3.77. The molecule has 3 rings (SSSR count). The van der Waals surface area contributed by atoms with Gasteiger partial charge in [0, 0.05) is 13.0 Å². The number of nitrogens with zero attached hydrogens (tertiary/aromatic N) is 3. The summed E-state index contributed by atoms with van der Waals surface area (Å²) in [4.78, 5) is 0. The predicted molar refractivity (Wildman–Crippen MR) is 82.7 cm³/mol. The molecule has 21 heavy (non-hydrogen) atoms. The zero-order valence-electron chi connectivity index (χ0n) is 11.9. The fourth-order valence-corrected chi connectivity index (χ4v) is 2.70. The Hall–Kier alpha value is -2.46. The molecule has 0 saturated carbocycles. The Kier molecular flexibility index (Phi) is 3.79. The van der Waals surface area contributed by atoms with Gasteiger partial charge in [-0.05, 0) is 11.1 Å². The molecule has 0 aliphatic carbocycles. The highest BCUT2D eigenvalue weighted by molar-refractivity contribution is 5.35. The molecule has 4 nitrogen and oxygen atoms in total. The number of aryl methyl sites for hydroxylation is 1. The number of rotatable bonds is 4. The molecule has 1 heterocycles. The molecule has 0 spiro atoms. The van der Waals surface area contributed by atoms with Crippen molar-refractivity contribution in [2.24, 2.45) is 12.8 Å². The molecule has 0 aliphatic heterocycles. The minimum absolute atomic E-state index is 0.0737. The molecule has 106 valence electrons. The lowest BCUT2D eigenvalue weighted by molar-refractivity contribution is 0.562. The molecule has 3 aromatic rings. The van der Waals surface area contributed by atoms with Gasteiger partial charge in [-0.25, -0.2) is 0 Å². The van der Waals surface area contributed by atoms with Crippen LogP contribution < -0.4 is 5.73 Å². The Morgan fingerprint density at radius 1 is 0.905 bits per heavy atom. The number of hydrogen-bond donors (Lipinski definition) is 1. The topological polar surface area (TPSA) is 56.7 Å². The maximum atomic E-state index is 6.55. The summed E-state index contributed by atoms with van der Waals surface area (Å²) < 4.78 is 1.74. The van der Waals surface area contributed by atoms with E-state index in [-0.39, 0.29) is 12.0 Å². The van der Waals surface area contributed by atoms with Crippen LogP contribution in [0.2, 0.25) is 0 Å². The van der Waals surface area contributed by atoms with Gasteiger partial charge in [0.05, 0.1) is 17.9 Å². The van der Waals surface area contributed by atoms with Crippen molar-refractivity contribution in [3.8, 4) is 0 Å². The van der Waals surface area contributed by atoms with Crippen LogP contribution in [0.1, 0.15) is 28.8 Å². The molecule has 2 N–H and O–H groups in total. The van der Waals surface area contributed by atoms with E-state index in [2.05, 4.69) is 34.6 Å². The maximum absolute atomic E-state index is 6.55. The molecular weight excluding hydrogens is 260 g/mol. The molecule has 1 unspecified atom stereocenters. The first-order valence-electron chi connectivity index (χ1n) is 6.97. The van der Waals surface area contributed by atoms with Crippen molar-refractivity contribution in [2.75, 3.05) is 0 Å². The van der Waals surface area contributed by atoms with Crippen LogP contribution in [0.25, 0.3) is 0 Å². The summed E-state index contributed by atoms with van der Waals surface area (Å²) >= 11 is 0. The van der Waals surface area contributed by atoms with E-state index < -0.39 is 0 Å². The fraction of sp³-hybridized carbons (Fsp3) is 0.176. The Morgan fingerprint density at radius 2 is 1.43 bits per heavy atom. The van der Waals surface area contributed by atoms with E-state index in [1.807, 2.05) is 43.4 Å². The highest BCUT2D eigenvalue weighted by Gasteiger charge is 2.25. The molecule has 0 bridgehead atoms. The first-order valence-corrected chi connectivity index (χ1v) is 6.97. The zero-order chi connectivity index (χ0) is 14.7. The predicted octanol–water partition coefficient (Wildman–Crippen LogP) is 2.65. The van der Waals surface area contributed by atoms with Gasteiger partial charge >= 0.3 is 0 Å². The smallest absolute Gasteiger partial charge is 0.0760 e.